The molecule has 1 aliphatic rings. The third-order valence-electron chi connectivity index (χ3n) is 4.74. The lowest BCUT2D eigenvalue weighted by Gasteiger charge is -2.27. The second-order valence-corrected chi connectivity index (χ2v) is 6.51. The fourth-order valence-corrected chi connectivity index (χ4v) is 3.69. The van der Waals surface area contributed by atoms with Crippen molar-refractivity contribution in [2.45, 2.75) is 64.8 Å². The summed E-state index contributed by atoms with van der Waals surface area (Å²) < 4.78 is 5.54. The molecule has 1 fully saturated rings. The quantitative estimate of drug-likeness (QED) is 0.798. The van der Waals surface area contributed by atoms with Gasteiger partial charge in [-0.25, -0.2) is 0 Å². The van der Waals surface area contributed by atoms with Gasteiger partial charge in [-0.2, -0.15) is 0 Å². The zero-order chi connectivity index (χ0) is 15.1. The summed E-state index contributed by atoms with van der Waals surface area (Å²) in [7, 11) is 1.78. The molecule has 21 heavy (non-hydrogen) atoms. The van der Waals surface area contributed by atoms with Gasteiger partial charge < -0.3 is 10.1 Å². The van der Waals surface area contributed by atoms with Crippen LogP contribution < -0.4 is 10.1 Å². The molecule has 2 rings (SSSR count). The van der Waals surface area contributed by atoms with Crippen molar-refractivity contribution in [3.05, 3.63) is 29.3 Å². The molecule has 2 nitrogen and oxygen atoms in total. The molecule has 1 saturated carbocycles. The third kappa shape index (κ3) is 5.03. The molecule has 0 aliphatic heterocycles. The Kier molecular flexibility index (Phi) is 6.56. The Morgan fingerprint density at radius 3 is 2.67 bits per heavy atom. The predicted molar refractivity (Wildman–Crippen MR) is 90.1 cm³/mol. The summed E-state index contributed by atoms with van der Waals surface area (Å²) in [6, 6.07) is 7.10. The second kappa shape index (κ2) is 8.43. The number of methoxy groups -OCH3 is 1. The van der Waals surface area contributed by atoms with Crippen LogP contribution in [0.5, 0.6) is 5.75 Å². The molecule has 0 bridgehead atoms. The number of rotatable bonds is 7. The molecule has 1 aromatic rings. The largest absolute Gasteiger partial charge is 0.496 e. The summed E-state index contributed by atoms with van der Waals surface area (Å²) >= 11 is 0. The minimum Gasteiger partial charge on any atom is -0.496 e. The Bertz CT molecular complexity index is 424. The molecule has 0 spiro atoms. The van der Waals surface area contributed by atoms with Crippen LogP contribution in [-0.4, -0.2) is 19.7 Å². The zero-order valence-corrected chi connectivity index (χ0v) is 14.0. The van der Waals surface area contributed by atoms with Gasteiger partial charge in [-0.15, -0.1) is 0 Å². The van der Waals surface area contributed by atoms with E-state index in [1.807, 2.05) is 0 Å². The maximum atomic E-state index is 5.54. The van der Waals surface area contributed by atoms with Gasteiger partial charge in [0.25, 0.3) is 0 Å². The standard InChI is InChI=1S/C19H31NO/c1-4-20-18(13-16-8-6-5-7-9-16)14-17-12-15(2)10-11-19(17)21-3/h10-12,16,18,20H,4-9,13-14H2,1-3H3. The molecule has 1 aliphatic carbocycles. The van der Waals surface area contributed by atoms with Crippen LogP contribution in [0, 0.1) is 12.8 Å². The van der Waals surface area contributed by atoms with Gasteiger partial charge in [-0.1, -0.05) is 56.7 Å². The van der Waals surface area contributed by atoms with Gasteiger partial charge in [-0.3, -0.25) is 0 Å². The Morgan fingerprint density at radius 2 is 2.00 bits per heavy atom. The van der Waals surface area contributed by atoms with Crippen molar-refractivity contribution in [3.63, 3.8) is 0 Å². The van der Waals surface area contributed by atoms with E-state index < -0.39 is 0 Å². The third-order valence-corrected chi connectivity index (χ3v) is 4.74. The van der Waals surface area contributed by atoms with Crippen molar-refractivity contribution >= 4 is 0 Å². The normalized spacial score (nSPS) is 17.7. The molecular formula is C19H31NO. The predicted octanol–water partition coefficient (Wildman–Crippen LogP) is 4.49. The second-order valence-electron chi connectivity index (χ2n) is 6.51. The van der Waals surface area contributed by atoms with Crippen molar-refractivity contribution in [2.75, 3.05) is 13.7 Å². The number of likely N-dealkylation sites (N-methyl/N-ethyl adjacent to an activating group) is 1. The average Bonchev–Trinajstić information content (AvgIpc) is 2.49. The number of ether oxygens (including phenoxy) is 1. The SMILES string of the molecule is CCNC(Cc1cc(C)ccc1OC)CC1CCCCC1. The van der Waals surface area contributed by atoms with Crippen LogP contribution in [0.1, 0.15) is 56.6 Å². The maximum Gasteiger partial charge on any atom is 0.122 e. The van der Waals surface area contributed by atoms with Gasteiger partial charge in [0.05, 0.1) is 7.11 Å². The molecule has 1 unspecified atom stereocenters. The summed E-state index contributed by atoms with van der Waals surface area (Å²) in [5.41, 5.74) is 2.66. The first-order chi connectivity index (χ1) is 10.2. The van der Waals surface area contributed by atoms with Crippen molar-refractivity contribution < 1.29 is 4.74 Å². The van der Waals surface area contributed by atoms with Gasteiger partial charge >= 0.3 is 0 Å². The van der Waals surface area contributed by atoms with Gasteiger partial charge in [0.2, 0.25) is 0 Å². The van der Waals surface area contributed by atoms with E-state index in [0.29, 0.717) is 6.04 Å². The highest BCUT2D eigenvalue weighted by Crippen LogP contribution is 2.29. The van der Waals surface area contributed by atoms with Crippen molar-refractivity contribution in [1.29, 1.82) is 0 Å². The Hall–Kier alpha value is -1.02. The molecule has 1 N–H and O–H groups in total. The summed E-state index contributed by atoms with van der Waals surface area (Å²) in [6.07, 6.45) is 9.53. The summed E-state index contributed by atoms with van der Waals surface area (Å²) in [5, 5.41) is 3.69. The molecule has 118 valence electrons. The number of nitrogens with one attached hydrogen (secondary N) is 1. The van der Waals surface area contributed by atoms with E-state index in [1.165, 1.54) is 49.7 Å². The molecule has 0 saturated heterocycles. The van der Waals surface area contributed by atoms with Crippen LogP contribution in [0.25, 0.3) is 0 Å². The number of hydrogen-bond donors (Lipinski definition) is 1. The van der Waals surface area contributed by atoms with E-state index in [-0.39, 0.29) is 0 Å². The monoisotopic (exact) mass is 289 g/mol. The van der Waals surface area contributed by atoms with E-state index in [4.69, 9.17) is 4.74 Å². The Balaban J connectivity index is 2.02. The minimum atomic E-state index is 0.578. The lowest BCUT2D eigenvalue weighted by atomic mass is 9.83. The van der Waals surface area contributed by atoms with Crippen LogP contribution in [0.2, 0.25) is 0 Å². The van der Waals surface area contributed by atoms with E-state index in [0.717, 1.165) is 24.6 Å². The van der Waals surface area contributed by atoms with Crippen molar-refractivity contribution in [3.8, 4) is 5.75 Å². The van der Waals surface area contributed by atoms with Gasteiger partial charge in [0.15, 0.2) is 0 Å². The number of benzene rings is 1. The number of aryl methyl sites for hydroxylation is 1. The first kappa shape index (κ1) is 16.4. The topological polar surface area (TPSA) is 21.3 Å². The van der Waals surface area contributed by atoms with E-state index in [9.17, 15) is 0 Å². The first-order valence-electron chi connectivity index (χ1n) is 8.59. The summed E-state index contributed by atoms with van der Waals surface area (Å²) in [6.45, 7) is 5.42. The average molecular weight is 289 g/mol. The molecule has 0 aromatic heterocycles. The van der Waals surface area contributed by atoms with Gasteiger partial charge in [0.1, 0.15) is 5.75 Å². The Labute approximate surface area is 130 Å². The molecule has 0 amide bonds. The van der Waals surface area contributed by atoms with E-state index in [1.54, 1.807) is 7.11 Å². The van der Waals surface area contributed by atoms with Crippen LogP contribution in [0.3, 0.4) is 0 Å². The highest BCUT2D eigenvalue weighted by Gasteiger charge is 2.19. The summed E-state index contributed by atoms with van der Waals surface area (Å²) in [5.74, 6) is 1.95. The molecule has 0 heterocycles. The van der Waals surface area contributed by atoms with E-state index >= 15 is 0 Å². The van der Waals surface area contributed by atoms with Crippen LogP contribution in [0.15, 0.2) is 18.2 Å². The minimum absolute atomic E-state index is 0.578. The maximum absolute atomic E-state index is 5.54. The Morgan fingerprint density at radius 1 is 1.24 bits per heavy atom. The van der Waals surface area contributed by atoms with E-state index in [2.05, 4.69) is 37.4 Å². The molecule has 1 aromatic carbocycles. The smallest absolute Gasteiger partial charge is 0.122 e. The highest BCUT2D eigenvalue weighted by molar-refractivity contribution is 5.37. The van der Waals surface area contributed by atoms with Crippen molar-refractivity contribution in [1.82, 2.24) is 5.32 Å². The van der Waals surface area contributed by atoms with Crippen LogP contribution in [0.4, 0.5) is 0 Å². The molecule has 2 heteroatoms. The number of hydrogen-bond acceptors (Lipinski definition) is 2. The lowest BCUT2D eigenvalue weighted by Crippen LogP contribution is -2.33. The lowest BCUT2D eigenvalue weighted by molar-refractivity contribution is 0.297. The summed E-state index contributed by atoms with van der Waals surface area (Å²) in [4.78, 5) is 0. The molecular weight excluding hydrogens is 258 g/mol. The molecule has 0 radical (unpaired) electrons. The van der Waals surface area contributed by atoms with Gasteiger partial charge in [0, 0.05) is 6.04 Å². The van der Waals surface area contributed by atoms with Crippen LogP contribution in [-0.2, 0) is 6.42 Å². The van der Waals surface area contributed by atoms with Crippen molar-refractivity contribution in [2.24, 2.45) is 5.92 Å². The zero-order valence-electron chi connectivity index (χ0n) is 14.0. The fraction of sp³-hybridized carbons (Fsp3) is 0.684. The van der Waals surface area contributed by atoms with Gasteiger partial charge in [-0.05, 0) is 43.9 Å². The highest BCUT2D eigenvalue weighted by atomic mass is 16.5. The fourth-order valence-electron chi connectivity index (χ4n) is 3.69. The van der Waals surface area contributed by atoms with Crippen LogP contribution >= 0.6 is 0 Å². The first-order valence-corrected chi connectivity index (χ1v) is 8.59. The molecule has 1 atom stereocenters.